The lowest BCUT2D eigenvalue weighted by Crippen LogP contribution is -2.38. The third-order valence-corrected chi connectivity index (χ3v) is 4.81. The van der Waals surface area contributed by atoms with E-state index in [2.05, 4.69) is 0 Å². The van der Waals surface area contributed by atoms with Gasteiger partial charge in [0, 0.05) is 5.56 Å². The van der Waals surface area contributed by atoms with Crippen LogP contribution in [0.4, 0.5) is 0 Å². The monoisotopic (exact) mass is 400 g/mol. The van der Waals surface area contributed by atoms with Crippen molar-refractivity contribution in [3.63, 3.8) is 0 Å². The van der Waals surface area contributed by atoms with Crippen LogP contribution in [0.25, 0.3) is 0 Å². The van der Waals surface area contributed by atoms with Crippen LogP contribution in [0.2, 0.25) is 0 Å². The van der Waals surface area contributed by atoms with Crippen LogP contribution in [0.1, 0.15) is 37.3 Å². The van der Waals surface area contributed by atoms with E-state index in [9.17, 15) is 9.90 Å². The second kappa shape index (κ2) is 10.4. The summed E-state index contributed by atoms with van der Waals surface area (Å²) in [6, 6.07) is 15.8. The van der Waals surface area contributed by atoms with Crippen molar-refractivity contribution in [2.24, 2.45) is 0 Å². The van der Waals surface area contributed by atoms with Gasteiger partial charge in [-0.1, -0.05) is 42.5 Å². The summed E-state index contributed by atoms with van der Waals surface area (Å²) in [6.07, 6.45) is 2.54. The van der Waals surface area contributed by atoms with E-state index in [1.54, 1.807) is 49.4 Å². The molecular weight excluding hydrogens is 372 g/mol. The lowest BCUT2D eigenvalue weighted by molar-refractivity contribution is -0.161. The van der Waals surface area contributed by atoms with Crippen molar-refractivity contribution in [2.75, 3.05) is 26.4 Å². The lowest BCUT2D eigenvalue weighted by Gasteiger charge is -2.27. The molecule has 6 heteroatoms. The minimum absolute atomic E-state index is 0.0937. The quantitative estimate of drug-likeness (QED) is 0.487. The Labute approximate surface area is 171 Å². The third-order valence-electron chi connectivity index (χ3n) is 4.81. The average molecular weight is 400 g/mol. The molecule has 1 heterocycles. The third kappa shape index (κ3) is 5.35. The summed E-state index contributed by atoms with van der Waals surface area (Å²) in [5.74, 6) is -0.116. The van der Waals surface area contributed by atoms with Crippen LogP contribution in [0.15, 0.2) is 54.6 Å². The second-order valence-electron chi connectivity index (χ2n) is 6.84. The summed E-state index contributed by atoms with van der Waals surface area (Å²) in [5.41, 5.74) is -1.03. The van der Waals surface area contributed by atoms with Crippen molar-refractivity contribution in [3.8, 4) is 5.75 Å². The van der Waals surface area contributed by atoms with Gasteiger partial charge in [0.15, 0.2) is 6.29 Å². The maximum absolute atomic E-state index is 12.7. The highest BCUT2D eigenvalue weighted by Gasteiger charge is 2.41. The molecule has 1 saturated heterocycles. The molecule has 1 aliphatic rings. The van der Waals surface area contributed by atoms with Gasteiger partial charge in [-0.2, -0.15) is 0 Å². The molecule has 0 radical (unpaired) electrons. The molecule has 3 rings (SSSR count). The number of hydrogen-bond acceptors (Lipinski definition) is 6. The maximum atomic E-state index is 12.7. The van der Waals surface area contributed by atoms with E-state index in [1.807, 2.05) is 12.1 Å². The Kier molecular flexibility index (Phi) is 7.63. The first kappa shape index (κ1) is 21.3. The average Bonchev–Trinajstić information content (AvgIpc) is 3.27. The molecule has 0 amide bonds. The fraction of sp³-hybridized carbons (Fsp3) is 0.435. The number of benzene rings is 2. The Morgan fingerprint density at radius 3 is 2.52 bits per heavy atom. The largest absolute Gasteiger partial charge is 0.494 e. The topological polar surface area (TPSA) is 74.2 Å². The second-order valence-corrected chi connectivity index (χ2v) is 6.84. The number of carbonyl (C=O) groups excluding carboxylic acids is 1. The molecule has 156 valence electrons. The molecule has 0 bridgehead atoms. The molecule has 29 heavy (non-hydrogen) atoms. The van der Waals surface area contributed by atoms with Gasteiger partial charge in [0.25, 0.3) is 0 Å². The fourth-order valence-electron chi connectivity index (χ4n) is 3.31. The van der Waals surface area contributed by atoms with Crippen molar-refractivity contribution >= 4 is 5.97 Å². The Balaban J connectivity index is 1.67. The molecule has 2 aromatic carbocycles. The SMILES string of the molecule is CCOC(=O)C(O)(c1ccccc1)c1cccc(OCCCCC2OCCO2)c1. The fourth-order valence-corrected chi connectivity index (χ4v) is 3.31. The van der Waals surface area contributed by atoms with Crippen LogP contribution in [-0.2, 0) is 24.6 Å². The predicted octanol–water partition coefficient (Wildman–Crippen LogP) is 3.41. The number of rotatable bonds is 10. The van der Waals surface area contributed by atoms with Crippen LogP contribution in [0, 0.1) is 0 Å². The molecule has 1 atom stereocenters. The normalized spacial score (nSPS) is 16.3. The number of esters is 1. The molecule has 0 saturated carbocycles. The number of unbranched alkanes of at least 4 members (excludes halogenated alkanes) is 1. The zero-order valence-corrected chi connectivity index (χ0v) is 16.7. The summed E-state index contributed by atoms with van der Waals surface area (Å²) in [7, 11) is 0. The van der Waals surface area contributed by atoms with Gasteiger partial charge in [-0.15, -0.1) is 0 Å². The van der Waals surface area contributed by atoms with Crippen LogP contribution < -0.4 is 4.74 Å². The molecule has 6 nitrogen and oxygen atoms in total. The zero-order chi connectivity index (χ0) is 20.5. The van der Waals surface area contributed by atoms with Crippen molar-refractivity contribution in [3.05, 3.63) is 65.7 Å². The summed E-state index contributed by atoms with van der Waals surface area (Å²) in [6.45, 7) is 3.75. The van der Waals surface area contributed by atoms with E-state index in [0.717, 1.165) is 19.3 Å². The van der Waals surface area contributed by atoms with Gasteiger partial charge in [-0.3, -0.25) is 0 Å². The first-order chi connectivity index (χ1) is 14.1. The molecule has 1 aliphatic heterocycles. The zero-order valence-electron chi connectivity index (χ0n) is 16.7. The summed E-state index contributed by atoms with van der Waals surface area (Å²) in [4.78, 5) is 12.7. The van der Waals surface area contributed by atoms with Gasteiger partial charge >= 0.3 is 5.97 Å². The van der Waals surface area contributed by atoms with Gasteiger partial charge < -0.3 is 24.1 Å². The molecular formula is C23H28O6. The highest BCUT2D eigenvalue weighted by molar-refractivity contribution is 5.85. The highest BCUT2D eigenvalue weighted by atomic mass is 16.7. The molecule has 0 aliphatic carbocycles. The number of carbonyl (C=O) groups is 1. The van der Waals surface area contributed by atoms with Crippen molar-refractivity contribution in [1.82, 2.24) is 0 Å². The van der Waals surface area contributed by atoms with Crippen LogP contribution in [0.5, 0.6) is 5.75 Å². The van der Waals surface area contributed by atoms with Crippen LogP contribution >= 0.6 is 0 Å². The number of ether oxygens (including phenoxy) is 4. The van der Waals surface area contributed by atoms with Gasteiger partial charge in [0.05, 0.1) is 26.4 Å². The summed E-state index contributed by atoms with van der Waals surface area (Å²) >= 11 is 0. The van der Waals surface area contributed by atoms with Crippen LogP contribution in [-0.4, -0.2) is 43.8 Å². The molecule has 2 aromatic rings. The number of aliphatic hydroxyl groups is 1. The smallest absolute Gasteiger partial charge is 0.347 e. The highest BCUT2D eigenvalue weighted by Crippen LogP contribution is 2.33. The van der Waals surface area contributed by atoms with Gasteiger partial charge in [0.1, 0.15) is 5.75 Å². The Morgan fingerprint density at radius 2 is 1.79 bits per heavy atom. The van der Waals surface area contributed by atoms with Crippen molar-refractivity contribution in [1.29, 1.82) is 0 Å². The minimum atomic E-state index is -1.90. The van der Waals surface area contributed by atoms with Crippen LogP contribution in [0.3, 0.4) is 0 Å². The Bertz CT molecular complexity index is 772. The van der Waals surface area contributed by atoms with E-state index >= 15 is 0 Å². The first-order valence-corrected chi connectivity index (χ1v) is 10.1. The molecule has 1 unspecified atom stereocenters. The summed E-state index contributed by atoms with van der Waals surface area (Å²) < 4.78 is 21.8. The summed E-state index contributed by atoms with van der Waals surface area (Å²) in [5, 5.41) is 11.4. The van der Waals surface area contributed by atoms with Gasteiger partial charge in [0.2, 0.25) is 5.60 Å². The predicted molar refractivity (Wildman–Crippen MR) is 108 cm³/mol. The molecule has 1 fully saturated rings. The Morgan fingerprint density at radius 1 is 1.07 bits per heavy atom. The standard InChI is InChI=1S/C23H28O6/c1-2-26-22(24)23(25,18-9-4-3-5-10-18)19-11-8-12-20(17-19)27-14-7-6-13-21-28-15-16-29-21/h3-5,8-12,17,21,25H,2,6-7,13-16H2,1H3. The van der Waals surface area contributed by atoms with E-state index < -0.39 is 11.6 Å². The maximum Gasteiger partial charge on any atom is 0.347 e. The molecule has 0 spiro atoms. The molecule has 1 N–H and O–H groups in total. The Hall–Kier alpha value is -2.41. The van der Waals surface area contributed by atoms with Crippen molar-refractivity contribution in [2.45, 2.75) is 38.1 Å². The first-order valence-electron chi connectivity index (χ1n) is 10.1. The number of hydrogen-bond donors (Lipinski definition) is 1. The van der Waals surface area contributed by atoms with Gasteiger partial charge in [-0.05, 0) is 43.9 Å². The van der Waals surface area contributed by atoms with Gasteiger partial charge in [-0.25, -0.2) is 4.79 Å². The van der Waals surface area contributed by atoms with Crippen molar-refractivity contribution < 1.29 is 28.8 Å². The van der Waals surface area contributed by atoms with E-state index in [4.69, 9.17) is 18.9 Å². The minimum Gasteiger partial charge on any atom is -0.494 e. The van der Waals surface area contributed by atoms with E-state index in [1.165, 1.54) is 0 Å². The molecule has 0 aromatic heterocycles. The van der Waals surface area contributed by atoms with E-state index in [0.29, 0.717) is 36.7 Å². The van der Waals surface area contributed by atoms with E-state index in [-0.39, 0.29) is 12.9 Å². The lowest BCUT2D eigenvalue weighted by atomic mass is 9.86.